The van der Waals surface area contributed by atoms with Gasteiger partial charge in [0, 0.05) is 18.1 Å². The van der Waals surface area contributed by atoms with Crippen LogP contribution in [0, 0.1) is 0 Å². The highest BCUT2D eigenvalue weighted by Crippen LogP contribution is 2.17. The molecule has 2 nitrogen and oxygen atoms in total. The van der Waals surface area contributed by atoms with Gasteiger partial charge < -0.3 is 11.1 Å². The molecule has 0 saturated carbocycles. The van der Waals surface area contributed by atoms with Crippen LogP contribution in [0.1, 0.15) is 25.3 Å². The van der Waals surface area contributed by atoms with E-state index in [-0.39, 0.29) is 5.54 Å². The standard InChI is InChI=1S/C15H22N2/c1-15(12-16,17-14-9-5-6-10-14)11-13-7-3-2-4-8-13/h2-8,14,17H,9-12,16H2,1H3. The molecule has 0 radical (unpaired) electrons. The molecule has 0 bridgehead atoms. The summed E-state index contributed by atoms with van der Waals surface area (Å²) in [5.74, 6) is 0. The van der Waals surface area contributed by atoms with Crippen LogP contribution in [0.3, 0.4) is 0 Å². The lowest BCUT2D eigenvalue weighted by Crippen LogP contribution is -2.54. The van der Waals surface area contributed by atoms with Crippen molar-refractivity contribution in [1.29, 1.82) is 0 Å². The SMILES string of the molecule is CC(CN)(Cc1ccccc1)NC1CC=CC1. The average molecular weight is 230 g/mol. The Morgan fingerprint density at radius 3 is 2.47 bits per heavy atom. The predicted octanol–water partition coefficient (Wildman–Crippen LogP) is 2.25. The zero-order chi connectivity index (χ0) is 12.1. The topological polar surface area (TPSA) is 38.0 Å². The molecule has 1 aromatic rings. The fourth-order valence-electron chi connectivity index (χ4n) is 2.46. The van der Waals surface area contributed by atoms with E-state index in [0.29, 0.717) is 12.6 Å². The maximum atomic E-state index is 5.95. The van der Waals surface area contributed by atoms with Crippen molar-refractivity contribution in [2.75, 3.05) is 6.54 Å². The molecule has 0 aliphatic heterocycles. The maximum Gasteiger partial charge on any atom is 0.0318 e. The molecule has 1 aromatic carbocycles. The number of hydrogen-bond acceptors (Lipinski definition) is 2. The molecule has 2 heteroatoms. The molecule has 0 fully saturated rings. The van der Waals surface area contributed by atoms with E-state index in [4.69, 9.17) is 5.73 Å². The fourth-order valence-corrected chi connectivity index (χ4v) is 2.46. The summed E-state index contributed by atoms with van der Waals surface area (Å²) in [5.41, 5.74) is 7.29. The van der Waals surface area contributed by atoms with Gasteiger partial charge in [-0.3, -0.25) is 0 Å². The molecular formula is C15H22N2. The number of benzene rings is 1. The second kappa shape index (κ2) is 5.48. The van der Waals surface area contributed by atoms with Gasteiger partial charge in [-0.2, -0.15) is 0 Å². The third kappa shape index (κ3) is 3.42. The molecule has 17 heavy (non-hydrogen) atoms. The van der Waals surface area contributed by atoms with Crippen LogP contribution in [-0.4, -0.2) is 18.1 Å². The number of rotatable bonds is 5. The molecule has 1 unspecified atom stereocenters. The Balaban J connectivity index is 1.98. The van der Waals surface area contributed by atoms with Crippen LogP contribution < -0.4 is 11.1 Å². The normalized spacial score (nSPS) is 19.4. The molecule has 2 rings (SSSR count). The predicted molar refractivity (Wildman–Crippen MR) is 72.9 cm³/mol. The van der Waals surface area contributed by atoms with Gasteiger partial charge in [0.05, 0.1) is 0 Å². The van der Waals surface area contributed by atoms with E-state index in [1.165, 1.54) is 5.56 Å². The van der Waals surface area contributed by atoms with Gasteiger partial charge in [-0.05, 0) is 31.7 Å². The lowest BCUT2D eigenvalue weighted by molar-refractivity contribution is 0.317. The second-order valence-electron chi connectivity index (χ2n) is 5.21. The van der Waals surface area contributed by atoms with Crippen LogP contribution in [0.15, 0.2) is 42.5 Å². The number of nitrogens with one attached hydrogen (secondary N) is 1. The Morgan fingerprint density at radius 2 is 1.88 bits per heavy atom. The average Bonchev–Trinajstić information content (AvgIpc) is 2.83. The summed E-state index contributed by atoms with van der Waals surface area (Å²) in [6.07, 6.45) is 7.74. The Hall–Kier alpha value is -1.12. The Kier molecular flexibility index (Phi) is 3.97. The zero-order valence-electron chi connectivity index (χ0n) is 10.5. The number of hydrogen-bond donors (Lipinski definition) is 2. The largest absolute Gasteiger partial charge is 0.329 e. The summed E-state index contributed by atoms with van der Waals surface area (Å²) >= 11 is 0. The van der Waals surface area contributed by atoms with Gasteiger partial charge in [-0.1, -0.05) is 42.5 Å². The van der Waals surface area contributed by atoms with Gasteiger partial charge in [0.25, 0.3) is 0 Å². The molecule has 3 N–H and O–H groups in total. The molecule has 1 aliphatic carbocycles. The van der Waals surface area contributed by atoms with Crippen LogP contribution in [0.2, 0.25) is 0 Å². The molecular weight excluding hydrogens is 208 g/mol. The third-order valence-corrected chi connectivity index (χ3v) is 3.45. The van der Waals surface area contributed by atoms with E-state index in [9.17, 15) is 0 Å². The second-order valence-corrected chi connectivity index (χ2v) is 5.21. The van der Waals surface area contributed by atoms with Crippen LogP contribution >= 0.6 is 0 Å². The fraction of sp³-hybridized carbons (Fsp3) is 0.467. The van der Waals surface area contributed by atoms with E-state index in [1.54, 1.807) is 0 Å². The maximum absolute atomic E-state index is 5.95. The van der Waals surface area contributed by atoms with Crippen LogP contribution in [-0.2, 0) is 6.42 Å². The van der Waals surface area contributed by atoms with Crippen molar-refractivity contribution >= 4 is 0 Å². The first-order chi connectivity index (χ1) is 8.22. The van der Waals surface area contributed by atoms with Gasteiger partial charge >= 0.3 is 0 Å². The molecule has 0 aromatic heterocycles. The molecule has 1 aliphatic rings. The van der Waals surface area contributed by atoms with Gasteiger partial charge in [-0.15, -0.1) is 0 Å². The summed E-state index contributed by atoms with van der Waals surface area (Å²) in [6.45, 7) is 2.89. The molecule has 0 spiro atoms. The van der Waals surface area contributed by atoms with E-state index in [2.05, 4.69) is 54.7 Å². The summed E-state index contributed by atoms with van der Waals surface area (Å²) in [5, 5.41) is 3.70. The van der Waals surface area contributed by atoms with Gasteiger partial charge in [0.2, 0.25) is 0 Å². The van der Waals surface area contributed by atoms with Crippen LogP contribution in [0.5, 0.6) is 0 Å². The first kappa shape index (κ1) is 12.3. The summed E-state index contributed by atoms with van der Waals surface area (Å²) < 4.78 is 0. The van der Waals surface area contributed by atoms with E-state index in [0.717, 1.165) is 19.3 Å². The Bertz CT molecular complexity index is 364. The minimum Gasteiger partial charge on any atom is -0.329 e. The molecule has 0 saturated heterocycles. The van der Waals surface area contributed by atoms with Crippen molar-refractivity contribution in [2.24, 2.45) is 5.73 Å². The van der Waals surface area contributed by atoms with Crippen molar-refractivity contribution in [3.8, 4) is 0 Å². The summed E-state index contributed by atoms with van der Waals surface area (Å²) in [6, 6.07) is 11.1. The minimum atomic E-state index is -0.00194. The van der Waals surface area contributed by atoms with Crippen LogP contribution in [0.4, 0.5) is 0 Å². The summed E-state index contributed by atoms with van der Waals surface area (Å²) in [7, 11) is 0. The first-order valence-corrected chi connectivity index (χ1v) is 6.38. The minimum absolute atomic E-state index is 0.00194. The lowest BCUT2D eigenvalue weighted by atomic mass is 9.91. The van der Waals surface area contributed by atoms with E-state index in [1.807, 2.05) is 0 Å². The Labute approximate surface area is 104 Å². The highest BCUT2D eigenvalue weighted by Gasteiger charge is 2.26. The van der Waals surface area contributed by atoms with Crippen molar-refractivity contribution < 1.29 is 0 Å². The molecule has 0 heterocycles. The van der Waals surface area contributed by atoms with Gasteiger partial charge in [0.1, 0.15) is 0 Å². The van der Waals surface area contributed by atoms with Crippen molar-refractivity contribution in [1.82, 2.24) is 5.32 Å². The van der Waals surface area contributed by atoms with Crippen molar-refractivity contribution in [2.45, 2.75) is 37.8 Å². The van der Waals surface area contributed by atoms with Crippen LogP contribution in [0.25, 0.3) is 0 Å². The summed E-state index contributed by atoms with van der Waals surface area (Å²) in [4.78, 5) is 0. The molecule has 1 atom stereocenters. The quantitative estimate of drug-likeness (QED) is 0.761. The molecule has 92 valence electrons. The molecule has 0 amide bonds. The van der Waals surface area contributed by atoms with E-state index >= 15 is 0 Å². The van der Waals surface area contributed by atoms with Crippen molar-refractivity contribution in [3.05, 3.63) is 48.0 Å². The third-order valence-electron chi connectivity index (χ3n) is 3.45. The highest BCUT2D eigenvalue weighted by atomic mass is 15.0. The first-order valence-electron chi connectivity index (χ1n) is 6.38. The monoisotopic (exact) mass is 230 g/mol. The highest BCUT2D eigenvalue weighted by molar-refractivity contribution is 5.18. The van der Waals surface area contributed by atoms with E-state index < -0.39 is 0 Å². The Morgan fingerprint density at radius 1 is 1.24 bits per heavy atom. The smallest absolute Gasteiger partial charge is 0.0318 e. The van der Waals surface area contributed by atoms with Crippen molar-refractivity contribution in [3.63, 3.8) is 0 Å². The lowest BCUT2D eigenvalue weighted by Gasteiger charge is -2.33. The van der Waals surface area contributed by atoms with Gasteiger partial charge in [0.15, 0.2) is 0 Å². The number of nitrogens with two attached hydrogens (primary N) is 1. The van der Waals surface area contributed by atoms with Gasteiger partial charge in [-0.25, -0.2) is 0 Å². The zero-order valence-corrected chi connectivity index (χ0v) is 10.5.